The molecule has 0 atom stereocenters. The molecule has 0 bridgehead atoms. The third-order valence-corrected chi connectivity index (χ3v) is 2.28. The van der Waals surface area contributed by atoms with E-state index in [9.17, 15) is 4.79 Å². The Labute approximate surface area is 101 Å². The molecule has 0 radical (unpaired) electrons. The standard InChI is InChI=1S/C12H17NO4/c1-9-5-4-6-11(10(9)2)16-7-12(14)13-17-8-15-3/h4-6H,7-8H2,1-3H3,(H,13,14). The molecule has 1 aromatic carbocycles. The number of nitrogens with one attached hydrogen (secondary N) is 1. The minimum absolute atomic E-state index is 0.00914. The van der Waals surface area contributed by atoms with E-state index in [2.05, 4.69) is 15.1 Å². The quantitative estimate of drug-likeness (QED) is 0.462. The van der Waals surface area contributed by atoms with Gasteiger partial charge >= 0.3 is 0 Å². The van der Waals surface area contributed by atoms with Crippen molar-refractivity contribution in [3.63, 3.8) is 0 Å². The summed E-state index contributed by atoms with van der Waals surface area (Å²) in [6.45, 7) is 3.86. The summed E-state index contributed by atoms with van der Waals surface area (Å²) in [5, 5.41) is 0. The molecule has 0 aliphatic carbocycles. The molecule has 5 nitrogen and oxygen atoms in total. The molecule has 0 fully saturated rings. The molecule has 17 heavy (non-hydrogen) atoms. The molecule has 1 aromatic rings. The number of rotatable bonds is 6. The Bertz CT molecular complexity index is 379. The fraction of sp³-hybridized carbons (Fsp3) is 0.417. The molecule has 5 heteroatoms. The van der Waals surface area contributed by atoms with E-state index in [1.165, 1.54) is 7.11 Å². The Morgan fingerprint density at radius 2 is 2.12 bits per heavy atom. The van der Waals surface area contributed by atoms with Gasteiger partial charge in [-0.1, -0.05) is 12.1 Å². The van der Waals surface area contributed by atoms with Gasteiger partial charge in [-0.2, -0.15) is 0 Å². The summed E-state index contributed by atoms with van der Waals surface area (Å²) < 4.78 is 9.99. The first kappa shape index (κ1) is 13.5. The molecular formula is C12H17NO4. The Hall–Kier alpha value is -1.59. The lowest BCUT2D eigenvalue weighted by molar-refractivity contribution is -0.146. The molecule has 0 aliphatic heterocycles. The van der Waals surface area contributed by atoms with E-state index < -0.39 is 0 Å². The van der Waals surface area contributed by atoms with Crippen molar-refractivity contribution in [2.75, 3.05) is 20.5 Å². The number of hydrogen-bond acceptors (Lipinski definition) is 4. The summed E-state index contributed by atoms with van der Waals surface area (Å²) in [5.74, 6) is 0.342. The lowest BCUT2D eigenvalue weighted by Gasteiger charge is -2.10. The Kier molecular flexibility index (Phi) is 5.45. The summed E-state index contributed by atoms with van der Waals surface area (Å²) in [6.07, 6.45) is 0. The van der Waals surface area contributed by atoms with Crippen molar-refractivity contribution in [2.24, 2.45) is 0 Å². The van der Waals surface area contributed by atoms with Crippen LogP contribution in [0.25, 0.3) is 0 Å². The normalized spacial score (nSPS) is 10.1. The maximum Gasteiger partial charge on any atom is 0.281 e. The van der Waals surface area contributed by atoms with Crippen molar-refractivity contribution in [3.05, 3.63) is 29.3 Å². The number of amides is 1. The highest BCUT2D eigenvalue weighted by atomic mass is 16.8. The van der Waals surface area contributed by atoms with E-state index in [4.69, 9.17) is 4.74 Å². The second-order valence-corrected chi connectivity index (χ2v) is 3.56. The van der Waals surface area contributed by atoms with Crippen molar-refractivity contribution in [2.45, 2.75) is 13.8 Å². The van der Waals surface area contributed by atoms with Gasteiger partial charge in [-0.3, -0.25) is 4.79 Å². The number of benzene rings is 1. The second-order valence-electron chi connectivity index (χ2n) is 3.56. The van der Waals surface area contributed by atoms with Crippen molar-refractivity contribution in [1.82, 2.24) is 5.48 Å². The summed E-state index contributed by atoms with van der Waals surface area (Å²) in [5.41, 5.74) is 4.35. The van der Waals surface area contributed by atoms with E-state index >= 15 is 0 Å². The first-order valence-corrected chi connectivity index (χ1v) is 5.23. The molecule has 0 saturated heterocycles. The molecule has 0 saturated carbocycles. The number of carbonyl (C=O) groups excluding carboxylic acids is 1. The monoisotopic (exact) mass is 239 g/mol. The zero-order valence-electron chi connectivity index (χ0n) is 10.3. The van der Waals surface area contributed by atoms with Crippen LogP contribution in [0.3, 0.4) is 0 Å². The number of methoxy groups -OCH3 is 1. The first-order chi connectivity index (χ1) is 8.15. The molecule has 1 amide bonds. The van der Waals surface area contributed by atoms with Gasteiger partial charge in [0.2, 0.25) is 0 Å². The molecule has 94 valence electrons. The number of carbonyl (C=O) groups is 1. The Balaban J connectivity index is 2.39. The number of aryl methyl sites for hydroxylation is 1. The maximum atomic E-state index is 11.3. The predicted octanol–water partition coefficient (Wildman–Crippen LogP) is 1.33. The maximum absolute atomic E-state index is 11.3. The molecule has 0 spiro atoms. The van der Waals surface area contributed by atoms with Crippen LogP contribution in [0.15, 0.2) is 18.2 Å². The zero-order valence-corrected chi connectivity index (χ0v) is 10.3. The minimum Gasteiger partial charge on any atom is -0.483 e. The molecule has 1 rings (SSSR count). The van der Waals surface area contributed by atoms with Crippen LogP contribution in [0, 0.1) is 13.8 Å². The van der Waals surface area contributed by atoms with Crippen molar-refractivity contribution < 1.29 is 19.1 Å². The van der Waals surface area contributed by atoms with Crippen LogP contribution >= 0.6 is 0 Å². The van der Waals surface area contributed by atoms with Gasteiger partial charge in [0.15, 0.2) is 13.4 Å². The Morgan fingerprint density at radius 3 is 2.82 bits per heavy atom. The fourth-order valence-corrected chi connectivity index (χ4v) is 1.22. The molecule has 0 heterocycles. The van der Waals surface area contributed by atoms with E-state index in [0.717, 1.165) is 11.1 Å². The van der Waals surface area contributed by atoms with Crippen LogP contribution < -0.4 is 10.2 Å². The van der Waals surface area contributed by atoms with Crippen LogP contribution in [0.4, 0.5) is 0 Å². The highest BCUT2D eigenvalue weighted by Gasteiger charge is 2.05. The third kappa shape index (κ3) is 4.42. The number of ether oxygens (including phenoxy) is 2. The molecule has 1 N–H and O–H groups in total. The van der Waals surface area contributed by atoms with Crippen LogP contribution in [0.1, 0.15) is 11.1 Å². The first-order valence-electron chi connectivity index (χ1n) is 5.23. The van der Waals surface area contributed by atoms with Gasteiger partial charge in [0, 0.05) is 7.11 Å². The van der Waals surface area contributed by atoms with Gasteiger partial charge in [-0.05, 0) is 31.0 Å². The average molecular weight is 239 g/mol. The van der Waals surface area contributed by atoms with Crippen molar-refractivity contribution >= 4 is 5.91 Å². The van der Waals surface area contributed by atoms with Crippen LogP contribution in [0.2, 0.25) is 0 Å². The van der Waals surface area contributed by atoms with Crippen molar-refractivity contribution in [3.8, 4) is 5.75 Å². The average Bonchev–Trinajstić information content (AvgIpc) is 2.31. The van der Waals surface area contributed by atoms with Gasteiger partial charge in [0.1, 0.15) is 5.75 Å². The molecular weight excluding hydrogens is 222 g/mol. The molecule has 0 aliphatic rings. The van der Waals surface area contributed by atoms with Crippen LogP contribution in [0.5, 0.6) is 5.75 Å². The topological polar surface area (TPSA) is 56.8 Å². The summed E-state index contributed by atoms with van der Waals surface area (Å²) in [6, 6.07) is 5.70. The van der Waals surface area contributed by atoms with Crippen LogP contribution in [-0.4, -0.2) is 26.4 Å². The summed E-state index contributed by atoms with van der Waals surface area (Å²) >= 11 is 0. The lowest BCUT2D eigenvalue weighted by atomic mass is 10.1. The third-order valence-electron chi connectivity index (χ3n) is 2.28. The predicted molar refractivity (Wildman–Crippen MR) is 62.5 cm³/mol. The zero-order chi connectivity index (χ0) is 12.7. The van der Waals surface area contributed by atoms with E-state index in [0.29, 0.717) is 5.75 Å². The molecule has 0 unspecified atom stereocenters. The van der Waals surface area contributed by atoms with Gasteiger partial charge < -0.3 is 9.47 Å². The van der Waals surface area contributed by atoms with E-state index in [-0.39, 0.29) is 19.3 Å². The number of hydroxylamine groups is 1. The van der Waals surface area contributed by atoms with E-state index in [1.807, 2.05) is 32.0 Å². The van der Waals surface area contributed by atoms with Gasteiger partial charge in [-0.15, -0.1) is 0 Å². The summed E-state index contributed by atoms with van der Waals surface area (Å²) in [7, 11) is 1.47. The summed E-state index contributed by atoms with van der Waals surface area (Å²) in [4.78, 5) is 16.0. The van der Waals surface area contributed by atoms with Crippen molar-refractivity contribution in [1.29, 1.82) is 0 Å². The highest BCUT2D eigenvalue weighted by Crippen LogP contribution is 2.20. The Morgan fingerprint density at radius 1 is 1.35 bits per heavy atom. The second kappa shape index (κ2) is 6.88. The fourth-order valence-electron chi connectivity index (χ4n) is 1.22. The SMILES string of the molecule is COCONC(=O)COc1cccc(C)c1C. The van der Waals surface area contributed by atoms with E-state index in [1.54, 1.807) is 0 Å². The smallest absolute Gasteiger partial charge is 0.281 e. The van der Waals surface area contributed by atoms with Gasteiger partial charge in [0.05, 0.1) is 0 Å². The number of hydrogen-bond donors (Lipinski definition) is 1. The van der Waals surface area contributed by atoms with Crippen LogP contribution in [-0.2, 0) is 14.4 Å². The van der Waals surface area contributed by atoms with Gasteiger partial charge in [-0.25, -0.2) is 10.3 Å². The lowest BCUT2D eigenvalue weighted by Crippen LogP contribution is -2.29. The van der Waals surface area contributed by atoms with Gasteiger partial charge in [0.25, 0.3) is 5.91 Å². The largest absolute Gasteiger partial charge is 0.483 e. The minimum atomic E-state index is -0.358. The molecule has 0 aromatic heterocycles. The highest BCUT2D eigenvalue weighted by molar-refractivity contribution is 5.76.